The Labute approximate surface area is 113 Å². The normalized spacial score (nSPS) is 18.3. The highest BCUT2D eigenvalue weighted by molar-refractivity contribution is 5.89. The Bertz CT molecular complexity index is 603. The van der Waals surface area contributed by atoms with Gasteiger partial charge in [-0.25, -0.2) is 0 Å². The zero-order valence-corrected chi connectivity index (χ0v) is 11.5. The van der Waals surface area contributed by atoms with Crippen molar-refractivity contribution in [1.82, 2.24) is 4.98 Å². The first-order valence-corrected chi connectivity index (χ1v) is 6.95. The lowest BCUT2D eigenvalue weighted by molar-refractivity contribution is 0.343. The molecule has 3 nitrogen and oxygen atoms in total. The summed E-state index contributed by atoms with van der Waals surface area (Å²) in [5.41, 5.74) is 8.63. The largest absolute Gasteiger partial charge is 0.492 e. The van der Waals surface area contributed by atoms with Gasteiger partial charge in [0.1, 0.15) is 11.3 Å². The van der Waals surface area contributed by atoms with Crippen LogP contribution in [-0.4, -0.2) is 17.6 Å². The molecule has 1 aromatic heterocycles. The summed E-state index contributed by atoms with van der Waals surface area (Å²) in [5, 5.41) is 1.18. The third-order valence-electron chi connectivity index (χ3n) is 4.23. The van der Waals surface area contributed by atoms with E-state index in [1.54, 1.807) is 0 Å². The average Bonchev–Trinajstić information content (AvgIpc) is 3.21. The van der Waals surface area contributed by atoms with E-state index in [4.69, 9.17) is 10.5 Å². The number of rotatable bonds is 4. The van der Waals surface area contributed by atoms with E-state index in [1.807, 2.05) is 25.3 Å². The number of aromatic nitrogens is 1. The number of hydrogen-bond acceptors (Lipinski definition) is 3. The predicted molar refractivity (Wildman–Crippen MR) is 77.5 cm³/mol. The zero-order valence-electron chi connectivity index (χ0n) is 11.5. The highest BCUT2D eigenvalue weighted by Crippen LogP contribution is 2.52. The quantitative estimate of drug-likeness (QED) is 0.914. The van der Waals surface area contributed by atoms with Gasteiger partial charge in [0.2, 0.25) is 0 Å². The van der Waals surface area contributed by atoms with E-state index in [0.717, 1.165) is 11.3 Å². The van der Waals surface area contributed by atoms with Gasteiger partial charge >= 0.3 is 0 Å². The predicted octanol–water partition coefficient (Wildman–Crippen LogP) is 3.01. The van der Waals surface area contributed by atoms with Crippen molar-refractivity contribution >= 4 is 10.9 Å². The Hall–Kier alpha value is -1.61. The molecule has 19 heavy (non-hydrogen) atoms. The summed E-state index contributed by atoms with van der Waals surface area (Å²) < 4.78 is 5.67. The fourth-order valence-corrected chi connectivity index (χ4v) is 2.96. The maximum atomic E-state index is 6.20. The van der Waals surface area contributed by atoms with Crippen LogP contribution in [0.5, 0.6) is 5.75 Å². The second kappa shape index (κ2) is 4.49. The first-order valence-electron chi connectivity index (χ1n) is 6.95. The van der Waals surface area contributed by atoms with Crippen molar-refractivity contribution in [3.63, 3.8) is 0 Å². The summed E-state index contributed by atoms with van der Waals surface area (Å²) in [6.45, 7) is 4.75. The maximum Gasteiger partial charge on any atom is 0.145 e. The van der Waals surface area contributed by atoms with Crippen LogP contribution in [0.4, 0.5) is 0 Å². The van der Waals surface area contributed by atoms with Gasteiger partial charge in [0, 0.05) is 23.0 Å². The van der Waals surface area contributed by atoms with Crippen LogP contribution in [-0.2, 0) is 5.41 Å². The van der Waals surface area contributed by atoms with Crippen LogP contribution >= 0.6 is 0 Å². The Morgan fingerprint density at radius 1 is 1.37 bits per heavy atom. The fraction of sp³-hybridized carbons (Fsp3) is 0.438. The molecule has 1 atom stereocenters. The summed E-state index contributed by atoms with van der Waals surface area (Å²) in [6.07, 6.45) is 4.16. The van der Waals surface area contributed by atoms with E-state index in [-0.39, 0.29) is 11.5 Å². The van der Waals surface area contributed by atoms with Crippen LogP contribution in [0.3, 0.4) is 0 Å². The molecule has 1 saturated carbocycles. The lowest BCUT2D eigenvalue weighted by Crippen LogP contribution is -2.31. The third kappa shape index (κ3) is 1.89. The molecule has 2 N–H and O–H groups in total. The maximum absolute atomic E-state index is 6.20. The monoisotopic (exact) mass is 256 g/mol. The van der Waals surface area contributed by atoms with Gasteiger partial charge in [-0.3, -0.25) is 4.98 Å². The van der Waals surface area contributed by atoms with Crippen molar-refractivity contribution in [1.29, 1.82) is 0 Å². The van der Waals surface area contributed by atoms with Crippen molar-refractivity contribution < 1.29 is 4.74 Å². The number of nitrogens with two attached hydrogens (primary N) is 1. The Morgan fingerprint density at radius 3 is 2.79 bits per heavy atom. The Balaban J connectivity index is 2.20. The molecule has 1 unspecified atom stereocenters. The van der Waals surface area contributed by atoms with Gasteiger partial charge in [-0.15, -0.1) is 0 Å². The standard InChI is InChI=1S/C16H20N2O/c1-3-19-14-7-6-13(16(8-9-16)11(2)17)12-5-4-10-18-15(12)14/h4-7,10-11H,3,8-9,17H2,1-2H3. The second-order valence-electron chi connectivity index (χ2n) is 5.39. The van der Waals surface area contributed by atoms with Crippen LogP contribution in [0.2, 0.25) is 0 Å². The Kier molecular flexibility index (Phi) is 2.94. The molecule has 3 heteroatoms. The van der Waals surface area contributed by atoms with Crippen LogP contribution in [0, 0.1) is 0 Å². The molecule has 1 aromatic carbocycles. The van der Waals surface area contributed by atoms with E-state index in [2.05, 4.69) is 24.0 Å². The molecule has 2 aromatic rings. The molecule has 0 amide bonds. The van der Waals surface area contributed by atoms with E-state index < -0.39 is 0 Å². The van der Waals surface area contributed by atoms with Gasteiger partial charge in [-0.1, -0.05) is 12.1 Å². The van der Waals surface area contributed by atoms with Gasteiger partial charge in [0.25, 0.3) is 0 Å². The number of nitrogens with zero attached hydrogens (tertiary/aromatic N) is 1. The molecule has 1 aliphatic carbocycles. The highest BCUT2D eigenvalue weighted by Gasteiger charge is 2.48. The molecule has 0 aliphatic heterocycles. The molecule has 0 radical (unpaired) electrons. The minimum atomic E-state index is 0.145. The summed E-state index contributed by atoms with van der Waals surface area (Å²) in [4.78, 5) is 4.50. The fourth-order valence-electron chi connectivity index (χ4n) is 2.96. The van der Waals surface area contributed by atoms with Crippen LogP contribution in [0.15, 0.2) is 30.5 Å². The van der Waals surface area contributed by atoms with Crippen molar-refractivity contribution in [2.75, 3.05) is 6.61 Å². The summed E-state index contributed by atoms with van der Waals surface area (Å²) >= 11 is 0. The van der Waals surface area contributed by atoms with Crippen molar-refractivity contribution in [3.05, 3.63) is 36.0 Å². The molecule has 3 rings (SSSR count). The van der Waals surface area contributed by atoms with Crippen molar-refractivity contribution in [3.8, 4) is 5.75 Å². The van der Waals surface area contributed by atoms with Gasteiger partial charge < -0.3 is 10.5 Å². The van der Waals surface area contributed by atoms with Crippen LogP contribution in [0.25, 0.3) is 10.9 Å². The van der Waals surface area contributed by atoms with E-state index in [1.165, 1.54) is 23.8 Å². The number of ether oxygens (including phenoxy) is 1. The van der Waals surface area contributed by atoms with Gasteiger partial charge in [-0.05, 0) is 44.4 Å². The molecule has 100 valence electrons. The second-order valence-corrected chi connectivity index (χ2v) is 5.39. The van der Waals surface area contributed by atoms with E-state index >= 15 is 0 Å². The number of benzene rings is 1. The molecule has 0 spiro atoms. The molecule has 0 saturated heterocycles. The molecule has 1 heterocycles. The minimum absolute atomic E-state index is 0.145. The van der Waals surface area contributed by atoms with Crippen molar-refractivity contribution in [2.24, 2.45) is 5.73 Å². The third-order valence-corrected chi connectivity index (χ3v) is 4.23. The van der Waals surface area contributed by atoms with E-state index in [9.17, 15) is 0 Å². The summed E-state index contributed by atoms with van der Waals surface area (Å²) in [7, 11) is 0. The molecule has 1 fully saturated rings. The molecular weight excluding hydrogens is 236 g/mol. The SMILES string of the molecule is CCOc1ccc(C2(C(C)N)CC2)c2cccnc12. The average molecular weight is 256 g/mol. The zero-order chi connectivity index (χ0) is 13.5. The van der Waals surface area contributed by atoms with Gasteiger partial charge in [0.15, 0.2) is 0 Å². The van der Waals surface area contributed by atoms with Crippen LogP contribution < -0.4 is 10.5 Å². The number of pyridine rings is 1. The van der Waals surface area contributed by atoms with Crippen LogP contribution in [0.1, 0.15) is 32.3 Å². The van der Waals surface area contributed by atoms with Gasteiger partial charge in [-0.2, -0.15) is 0 Å². The first-order chi connectivity index (χ1) is 9.19. The number of hydrogen-bond donors (Lipinski definition) is 1. The smallest absolute Gasteiger partial charge is 0.145 e. The highest BCUT2D eigenvalue weighted by atomic mass is 16.5. The topological polar surface area (TPSA) is 48.1 Å². The molecule has 1 aliphatic rings. The number of fused-ring (bicyclic) bond motifs is 1. The summed E-state index contributed by atoms with van der Waals surface area (Å²) in [6, 6.07) is 8.50. The molecular formula is C16H20N2O. The Morgan fingerprint density at radius 2 is 2.16 bits per heavy atom. The minimum Gasteiger partial charge on any atom is -0.492 e. The van der Waals surface area contributed by atoms with E-state index in [0.29, 0.717) is 6.61 Å². The lowest BCUT2D eigenvalue weighted by atomic mass is 9.86. The first kappa shape index (κ1) is 12.4. The van der Waals surface area contributed by atoms with Gasteiger partial charge in [0.05, 0.1) is 6.61 Å². The van der Waals surface area contributed by atoms with Crippen molar-refractivity contribution in [2.45, 2.75) is 38.1 Å². The lowest BCUT2D eigenvalue weighted by Gasteiger charge is -2.22. The summed E-state index contributed by atoms with van der Waals surface area (Å²) in [5.74, 6) is 0.863. The molecule has 0 bridgehead atoms.